The van der Waals surface area contributed by atoms with Gasteiger partial charge in [-0.3, -0.25) is 0 Å². The maximum absolute atomic E-state index is 12.2. The minimum atomic E-state index is -3.73. The molecule has 144 valence electrons. The van der Waals surface area contributed by atoms with Crippen molar-refractivity contribution in [3.63, 3.8) is 0 Å². The van der Waals surface area contributed by atoms with Gasteiger partial charge in [0, 0.05) is 7.05 Å². The number of rotatable bonds is 8. The molecule has 3 aromatic rings. The highest BCUT2D eigenvalue weighted by Crippen LogP contribution is 2.14. The predicted molar refractivity (Wildman–Crippen MR) is 110 cm³/mol. The molecule has 3 rings (SSSR count). The first kappa shape index (κ1) is 19.9. The quantitative estimate of drug-likeness (QED) is 0.139. The van der Waals surface area contributed by atoms with E-state index < -0.39 is 10.0 Å². The van der Waals surface area contributed by atoms with Crippen LogP contribution in [0.25, 0.3) is 0 Å². The minimum Gasteiger partial charge on any atom is -0.342 e. The fraction of sp³-hybridized carbons (Fsp3) is 0.0526. The number of hydrogen-bond acceptors (Lipinski definition) is 6. The van der Waals surface area contributed by atoms with Gasteiger partial charge in [-0.2, -0.15) is 17.2 Å². The van der Waals surface area contributed by atoms with Crippen molar-refractivity contribution in [2.45, 2.75) is 4.90 Å². The van der Waals surface area contributed by atoms with E-state index in [-0.39, 0.29) is 4.90 Å². The normalized spacial score (nSPS) is 12.0. The molecule has 0 spiro atoms. The third-order valence-corrected chi connectivity index (χ3v) is 5.27. The van der Waals surface area contributed by atoms with Crippen molar-refractivity contribution in [2.75, 3.05) is 0 Å². The second-order valence-corrected chi connectivity index (χ2v) is 7.67. The number of benzene rings is 2. The maximum atomic E-state index is 12.2. The Morgan fingerprint density at radius 1 is 0.893 bits per heavy atom. The van der Waals surface area contributed by atoms with E-state index in [0.717, 1.165) is 17.9 Å². The molecule has 0 saturated heterocycles. The van der Waals surface area contributed by atoms with E-state index in [0.29, 0.717) is 11.4 Å². The zero-order chi connectivity index (χ0) is 19.8. The van der Waals surface area contributed by atoms with Gasteiger partial charge in [0.05, 0.1) is 28.7 Å². The average Bonchev–Trinajstić information content (AvgIpc) is 3.07. The largest absolute Gasteiger partial charge is 0.342 e. The van der Waals surface area contributed by atoms with Gasteiger partial charge in [0.1, 0.15) is 0 Å². The Morgan fingerprint density at radius 3 is 2.18 bits per heavy atom. The maximum Gasteiger partial charge on any atom is 0.282 e. The third kappa shape index (κ3) is 5.32. The number of aromatic nitrogens is 1. The van der Waals surface area contributed by atoms with Crippen LogP contribution in [0, 0.1) is 0 Å². The van der Waals surface area contributed by atoms with E-state index in [4.69, 9.17) is 9.22 Å². The molecule has 2 aromatic carbocycles. The predicted octanol–water partition coefficient (Wildman–Crippen LogP) is 3.83. The Hall–Kier alpha value is -2.88. The Morgan fingerprint density at radius 2 is 1.50 bits per heavy atom. The Bertz CT molecular complexity index is 1060. The summed E-state index contributed by atoms with van der Waals surface area (Å²) in [5.74, 6) is 0.571. The molecule has 1 heterocycles. The number of hydrogen-bond donors (Lipinski definition) is 0. The van der Waals surface area contributed by atoms with E-state index in [9.17, 15) is 8.42 Å². The van der Waals surface area contributed by atoms with Crippen molar-refractivity contribution in [2.24, 2.45) is 15.8 Å². The molecule has 0 aliphatic heterocycles. The lowest BCUT2D eigenvalue weighted by Gasteiger charge is -2.01. The third-order valence-electron chi connectivity index (χ3n) is 3.70. The standard InChI is InChI=1S/C19H17N3O4S2/c1-22-16(14-20-27-26-25-18-8-4-2-5-9-18)12-13-17(22)15-21-28(23,24)19-10-6-3-7-11-19/h2-15H,1H3/b20-14+,21-15+. The van der Waals surface area contributed by atoms with Gasteiger partial charge in [-0.1, -0.05) is 40.7 Å². The average molecular weight is 415 g/mol. The van der Waals surface area contributed by atoms with E-state index >= 15 is 0 Å². The Labute approximate surface area is 167 Å². The first-order chi connectivity index (χ1) is 13.6. The highest BCUT2D eigenvalue weighted by molar-refractivity contribution is 7.93. The summed E-state index contributed by atoms with van der Waals surface area (Å²) >= 11 is 0.780. The van der Waals surface area contributed by atoms with E-state index in [1.807, 2.05) is 18.2 Å². The lowest BCUT2D eigenvalue weighted by molar-refractivity contribution is -0.0776. The molecule has 0 amide bonds. The van der Waals surface area contributed by atoms with Crippen molar-refractivity contribution in [1.29, 1.82) is 0 Å². The van der Waals surface area contributed by atoms with Gasteiger partial charge in [-0.25, -0.2) is 0 Å². The molecular formula is C19H17N3O4S2. The topological polar surface area (TPSA) is 82.2 Å². The molecule has 9 heteroatoms. The lowest BCUT2D eigenvalue weighted by atomic mass is 10.3. The molecule has 0 fully saturated rings. The first-order valence-electron chi connectivity index (χ1n) is 8.16. The van der Waals surface area contributed by atoms with Gasteiger partial charge < -0.3 is 9.45 Å². The van der Waals surface area contributed by atoms with Crippen LogP contribution in [-0.4, -0.2) is 25.4 Å². The summed E-state index contributed by atoms with van der Waals surface area (Å²) in [4.78, 5) is 5.20. The highest BCUT2D eigenvalue weighted by Gasteiger charge is 2.11. The van der Waals surface area contributed by atoms with E-state index in [1.165, 1.54) is 18.3 Å². The molecule has 0 radical (unpaired) electrons. The molecule has 0 saturated carbocycles. The summed E-state index contributed by atoms with van der Waals surface area (Å²) in [5.41, 5.74) is 1.36. The van der Waals surface area contributed by atoms with Crippen molar-refractivity contribution in [1.82, 2.24) is 4.57 Å². The van der Waals surface area contributed by atoms with Gasteiger partial charge >= 0.3 is 0 Å². The number of nitrogens with zero attached hydrogens (tertiary/aromatic N) is 3. The lowest BCUT2D eigenvalue weighted by Crippen LogP contribution is -2.02. The molecule has 1 aromatic heterocycles. The Balaban J connectivity index is 1.59. The highest BCUT2D eigenvalue weighted by atomic mass is 32.2. The SMILES string of the molecule is Cn1c(/C=N/SOOc2ccccc2)ccc1/C=N/S(=O)(=O)c1ccccc1. The van der Waals surface area contributed by atoms with Gasteiger partial charge in [-0.15, -0.1) is 0 Å². The summed E-state index contributed by atoms with van der Waals surface area (Å²) < 4.78 is 38.9. The van der Waals surface area contributed by atoms with Gasteiger partial charge in [-0.05, 0) is 36.4 Å². The van der Waals surface area contributed by atoms with Crippen LogP contribution in [0.2, 0.25) is 0 Å². The molecular weight excluding hydrogens is 398 g/mol. The summed E-state index contributed by atoms with van der Waals surface area (Å²) in [6, 6.07) is 20.7. The monoisotopic (exact) mass is 415 g/mol. The van der Waals surface area contributed by atoms with Crippen LogP contribution in [0.5, 0.6) is 5.75 Å². The van der Waals surface area contributed by atoms with Gasteiger partial charge in [0.15, 0.2) is 18.0 Å². The van der Waals surface area contributed by atoms with Crippen LogP contribution in [0.4, 0.5) is 0 Å². The Kier molecular flexibility index (Phi) is 6.64. The molecule has 0 atom stereocenters. The molecule has 0 aliphatic rings. The minimum absolute atomic E-state index is 0.147. The molecule has 7 nitrogen and oxygen atoms in total. The van der Waals surface area contributed by atoms with Crippen molar-refractivity contribution < 1.29 is 17.6 Å². The fourth-order valence-corrected chi connectivity index (χ4v) is 3.37. The van der Waals surface area contributed by atoms with Crippen LogP contribution in [0.1, 0.15) is 11.4 Å². The van der Waals surface area contributed by atoms with Gasteiger partial charge in [0.25, 0.3) is 10.0 Å². The van der Waals surface area contributed by atoms with Crippen molar-refractivity contribution in [3.05, 3.63) is 84.2 Å². The van der Waals surface area contributed by atoms with Crippen LogP contribution in [-0.2, 0) is 21.4 Å². The number of para-hydroxylation sites is 1. The first-order valence-corrected chi connectivity index (χ1v) is 10.3. The molecule has 0 aliphatic carbocycles. The summed E-state index contributed by atoms with van der Waals surface area (Å²) in [6.45, 7) is 0. The molecule has 0 unspecified atom stereocenters. The van der Waals surface area contributed by atoms with Crippen molar-refractivity contribution >= 4 is 34.7 Å². The second-order valence-electron chi connectivity index (χ2n) is 5.54. The summed E-state index contributed by atoms with van der Waals surface area (Å²) in [5, 5.41) is 0. The zero-order valence-corrected chi connectivity index (χ0v) is 16.5. The van der Waals surface area contributed by atoms with Crippen LogP contribution in [0.15, 0.2) is 86.5 Å². The second kappa shape index (κ2) is 9.36. The zero-order valence-electron chi connectivity index (χ0n) is 14.9. The van der Waals surface area contributed by atoms with E-state index in [1.54, 1.807) is 60.3 Å². The molecule has 0 bridgehead atoms. The summed E-state index contributed by atoms with van der Waals surface area (Å²) in [6.07, 6.45) is 2.88. The molecule has 28 heavy (non-hydrogen) atoms. The van der Waals surface area contributed by atoms with Crippen LogP contribution < -0.4 is 4.89 Å². The van der Waals surface area contributed by atoms with Crippen LogP contribution >= 0.6 is 12.2 Å². The van der Waals surface area contributed by atoms with Crippen LogP contribution in [0.3, 0.4) is 0 Å². The fourth-order valence-electron chi connectivity index (χ4n) is 2.20. The summed E-state index contributed by atoms with van der Waals surface area (Å²) in [7, 11) is -1.95. The number of sulfonamides is 1. The van der Waals surface area contributed by atoms with E-state index in [2.05, 4.69) is 8.80 Å². The molecule has 0 N–H and O–H groups in total. The van der Waals surface area contributed by atoms with Gasteiger partial charge in [0.2, 0.25) is 0 Å². The smallest absolute Gasteiger partial charge is 0.282 e. The van der Waals surface area contributed by atoms with Crippen molar-refractivity contribution in [3.8, 4) is 5.75 Å².